The van der Waals surface area contributed by atoms with Crippen molar-refractivity contribution in [3.05, 3.63) is 41.1 Å². The fraction of sp³-hybridized carbons (Fsp3) is 0.500. The Bertz CT molecular complexity index is 564. The zero-order valence-electron chi connectivity index (χ0n) is 12.3. The van der Waals surface area contributed by atoms with Crippen molar-refractivity contribution in [1.29, 1.82) is 0 Å². The molecular formula is C16H21N3OS. The van der Waals surface area contributed by atoms with Gasteiger partial charge in [0.1, 0.15) is 5.01 Å². The molecule has 2 aromatic rings. The maximum absolute atomic E-state index is 12.7. The van der Waals surface area contributed by atoms with E-state index < -0.39 is 0 Å². The van der Waals surface area contributed by atoms with E-state index in [2.05, 4.69) is 16.5 Å². The fourth-order valence-corrected chi connectivity index (χ4v) is 3.79. The van der Waals surface area contributed by atoms with Gasteiger partial charge in [0.2, 0.25) is 5.91 Å². The molecule has 0 aromatic carbocycles. The van der Waals surface area contributed by atoms with Crippen molar-refractivity contribution in [3.63, 3.8) is 0 Å². The zero-order valence-corrected chi connectivity index (χ0v) is 13.1. The summed E-state index contributed by atoms with van der Waals surface area (Å²) in [7, 11) is 0. The topological polar surface area (TPSA) is 38.1 Å². The quantitative estimate of drug-likeness (QED) is 0.864. The van der Waals surface area contributed by atoms with Crippen molar-refractivity contribution in [1.82, 2.24) is 14.5 Å². The molecule has 112 valence electrons. The third kappa shape index (κ3) is 3.18. The lowest BCUT2D eigenvalue weighted by Gasteiger charge is -2.35. The van der Waals surface area contributed by atoms with Gasteiger partial charge in [-0.3, -0.25) is 4.79 Å². The number of rotatable bonds is 4. The lowest BCUT2D eigenvalue weighted by atomic mass is 10.0. The Labute approximate surface area is 129 Å². The predicted octanol–water partition coefficient (Wildman–Crippen LogP) is 3.65. The van der Waals surface area contributed by atoms with Crippen molar-refractivity contribution >= 4 is 17.2 Å². The van der Waals surface area contributed by atoms with Gasteiger partial charge in [0.25, 0.3) is 0 Å². The van der Waals surface area contributed by atoms with E-state index in [4.69, 9.17) is 0 Å². The molecule has 0 unspecified atom stereocenters. The number of amides is 1. The standard InChI is InChI=1S/C16H21N3OS/c1-13(18-8-4-5-9-18)12-15(20)19-10-3-2-6-14(19)16-17-7-11-21-16/h4-5,7-9,11,13-14H,2-3,6,10,12H2,1H3/t13-,14+/m0/s1. The molecular weight excluding hydrogens is 282 g/mol. The van der Waals surface area contributed by atoms with Crippen LogP contribution in [0.3, 0.4) is 0 Å². The fourth-order valence-electron chi connectivity index (χ4n) is 3.00. The van der Waals surface area contributed by atoms with E-state index in [0.717, 1.165) is 24.4 Å². The molecule has 21 heavy (non-hydrogen) atoms. The Morgan fingerprint density at radius 2 is 2.24 bits per heavy atom. The summed E-state index contributed by atoms with van der Waals surface area (Å²) in [4.78, 5) is 19.2. The van der Waals surface area contributed by atoms with E-state index in [1.54, 1.807) is 11.3 Å². The molecule has 0 spiro atoms. The zero-order chi connectivity index (χ0) is 14.7. The normalized spacial score (nSPS) is 20.4. The van der Waals surface area contributed by atoms with Crippen LogP contribution in [0, 0.1) is 0 Å². The van der Waals surface area contributed by atoms with E-state index in [1.165, 1.54) is 6.42 Å². The molecule has 1 aliphatic rings. The van der Waals surface area contributed by atoms with Crippen molar-refractivity contribution in [2.24, 2.45) is 0 Å². The van der Waals surface area contributed by atoms with Gasteiger partial charge < -0.3 is 9.47 Å². The molecule has 0 aliphatic carbocycles. The first kappa shape index (κ1) is 14.3. The Kier molecular flexibility index (Phi) is 4.39. The molecule has 1 saturated heterocycles. The van der Waals surface area contributed by atoms with Gasteiger partial charge >= 0.3 is 0 Å². The number of nitrogens with zero attached hydrogens (tertiary/aromatic N) is 3. The van der Waals surface area contributed by atoms with Crippen LogP contribution in [-0.4, -0.2) is 26.9 Å². The Morgan fingerprint density at radius 3 is 2.95 bits per heavy atom. The highest BCUT2D eigenvalue weighted by atomic mass is 32.1. The molecule has 4 nitrogen and oxygen atoms in total. The van der Waals surface area contributed by atoms with Gasteiger partial charge in [-0.05, 0) is 38.3 Å². The van der Waals surface area contributed by atoms with Crippen LogP contribution in [-0.2, 0) is 4.79 Å². The summed E-state index contributed by atoms with van der Waals surface area (Å²) in [6.45, 7) is 2.96. The summed E-state index contributed by atoms with van der Waals surface area (Å²) < 4.78 is 2.10. The number of carbonyl (C=O) groups is 1. The second-order valence-corrected chi connectivity index (χ2v) is 6.58. The summed E-state index contributed by atoms with van der Waals surface area (Å²) in [5, 5.41) is 3.08. The van der Waals surface area contributed by atoms with Crippen LogP contribution < -0.4 is 0 Å². The first-order valence-corrected chi connectivity index (χ1v) is 8.45. The van der Waals surface area contributed by atoms with Crippen molar-refractivity contribution in [3.8, 4) is 0 Å². The molecule has 2 atom stereocenters. The maximum atomic E-state index is 12.7. The number of hydrogen-bond acceptors (Lipinski definition) is 3. The highest BCUT2D eigenvalue weighted by Crippen LogP contribution is 2.33. The SMILES string of the molecule is C[C@@H](CC(=O)N1CCCC[C@@H]1c1nccs1)n1cccc1. The predicted molar refractivity (Wildman–Crippen MR) is 84.2 cm³/mol. The summed E-state index contributed by atoms with van der Waals surface area (Å²) in [5.41, 5.74) is 0. The van der Waals surface area contributed by atoms with Crippen LogP contribution in [0.25, 0.3) is 0 Å². The van der Waals surface area contributed by atoms with Crippen molar-refractivity contribution in [2.45, 2.75) is 44.7 Å². The molecule has 1 aliphatic heterocycles. The summed E-state index contributed by atoms with van der Waals surface area (Å²) in [6.07, 6.45) is 9.75. The Hall–Kier alpha value is -1.62. The minimum absolute atomic E-state index is 0.183. The molecule has 1 fully saturated rings. The highest BCUT2D eigenvalue weighted by Gasteiger charge is 2.30. The van der Waals surface area contributed by atoms with Gasteiger partial charge in [-0.2, -0.15) is 0 Å². The minimum atomic E-state index is 0.183. The lowest BCUT2D eigenvalue weighted by Crippen LogP contribution is -2.39. The van der Waals surface area contributed by atoms with E-state index in [-0.39, 0.29) is 18.0 Å². The number of likely N-dealkylation sites (tertiary alicyclic amines) is 1. The number of aromatic nitrogens is 2. The molecule has 3 rings (SSSR count). The molecule has 2 aromatic heterocycles. The second kappa shape index (κ2) is 6.43. The van der Waals surface area contributed by atoms with Gasteiger partial charge in [0, 0.05) is 43.0 Å². The van der Waals surface area contributed by atoms with E-state index in [0.29, 0.717) is 6.42 Å². The number of piperidine rings is 1. The maximum Gasteiger partial charge on any atom is 0.225 e. The minimum Gasteiger partial charge on any atom is -0.351 e. The third-order valence-corrected chi connectivity index (χ3v) is 5.04. The van der Waals surface area contributed by atoms with Crippen LogP contribution in [0.15, 0.2) is 36.1 Å². The molecule has 1 amide bonds. The van der Waals surface area contributed by atoms with Crippen molar-refractivity contribution < 1.29 is 4.79 Å². The van der Waals surface area contributed by atoms with Gasteiger partial charge in [-0.15, -0.1) is 11.3 Å². The van der Waals surface area contributed by atoms with Gasteiger partial charge in [-0.1, -0.05) is 0 Å². The third-order valence-electron chi connectivity index (χ3n) is 4.17. The average molecular weight is 303 g/mol. The Balaban J connectivity index is 1.69. The average Bonchev–Trinajstić information content (AvgIpc) is 3.20. The number of thiazole rings is 1. The smallest absolute Gasteiger partial charge is 0.225 e. The largest absolute Gasteiger partial charge is 0.351 e. The van der Waals surface area contributed by atoms with Crippen LogP contribution >= 0.6 is 11.3 Å². The molecule has 0 radical (unpaired) electrons. The summed E-state index contributed by atoms with van der Waals surface area (Å²) >= 11 is 1.66. The van der Waals surface area contributed by atoms with E-state index >= 15 is 0 Å². The molecule has 0 N–H and O–H groups in total. The first-order valence-electron chi connectivity index (χ1n) is 7.57. The van der Waals surface area contributed by atoms with E-state index in [9.17, 15) is 4.79 Å². The first-order chi connectivity index (χ1) is 10.3. The number of carbonyl (C=O) groups excluding carboxylic acids is 1. The highest BCUT2D eigenvalue weighted by molar-refractivity contribution is 7.09. The van der Waals surface area contributed by atoms with Crippen LogP contribution in [0.4, 0.5) is 0 Å². The van der Waals surface area contributed by atoms with Crippen LogP contribution in [0.5, 0.6) is 0 Å². The molecule has 3 heterocycles. The van der Waals surface area contributed by atoms with Gasteiger partial charge in [-0.25, -0.2) is 4.98 Å². The van der Waals surface area contributed by atoms with Crippen molar-refractivity contribution in [2.75, 3.05) is 6.54 Å². The summed E-state index contributed by atoms with van der Waals surface area (Å²) in [5.74, 6) is 0.246. The second-order valence-electron chi connectivity index (χ2n) is 5.65. The Morgan fingerprint density at radius 1 is 1.43 bits per heavy atom. The molecule has 0 bridgehead atoms. The summed E-state index contributed by atoms with van der Waals surface area (Å²) in [6, 6.07) is 4.38. The van der Waals surface area contributed by atoms with Gasteiger partial charge in [0.05, 0.1) is 6.04 Å². The van der Waals surface area contributed by atoms with Gasteiger partial charge in [0.15, 0.2) is 0 Å². The van der Waals surface area contributed by atoms with E-state index in [1.807, 2.05) is 41.0 Å². The lowest BCUT2D eigenvalue weighted by molar-refractivity contribution is -0.135. The van der Waals surface area contributed by atoms with Crippen LogP contribution in [0.2, 0.25) is 0 Å². The molecule has 0 saturated carbocycles. The monoisotopic (exact) mass is 303 g/mol. The number of hydrogen-bond donors (Lipinski definition) is 0. The molecule has 5 heteroatoms. The van der Waals surface area contributed by atoms with Crippen LogP contribution in [0.1, 0.15) is 49.7 Å².